The minimum Gasteiger partial charge on any atom is -0.347 e. The number of nitrogens with zero attached hydrogens (tertiary/aromatic N) is 2. The molecule has 0 aliphatic rings. The fraction of sp³-hybridized carbons (Fsp3) is 0.0455. The second-order valence-electron chi connectivity index (χ2n) is 6.34. The minimum absolute atomic E-state index is 0.00582. The maximum absolute atomic E-state index is 13.9. The lowest BCUT2D eigenvalue weighted by Gasteiger charge is -2.05. The van der Waals surface area contributed by atoms with E-state index in [4.69, 9.17) is 0 Å². The van der Waals surface area contributed by atoms with Crippen LogP contribution >= 0.6 is 0 Å². The maximum Gasteiger partial charge on any atom is 0.292 e. The van der Waals surface area contributed by atoms with Gasteiger partial charge < -0.3 is 10.6 Å². The average molecular weight is 388 g/mol. The number of nitrogens with one attached hydrogen (secondary N) is 2. The summed E-state index contributed by atoms with van der Waals surface area (Å²) in [6.45, 7) is 0.336. The Hall–Kier alpha value is -4.00. The van der Waals surface area contributed by atoms with E-state index < -0.39 is 17.6 Å². The number of carbonyl (C=O) groups is 2. The lowest BCUT2D eigenvalue weighted by Crippen LogP contribution is -2.23. The molecule has 0 fully saturated rings. The molecule has 144 valence electrons. The zero-order valence-corrected chi connectivity index (χ0v) is 15.3. The number of hydrogen-bond donors (Lipinski definition) is 2. The summed E-state index contributed by atoms with van der Waals surface area (Å²) in [6.07, 6.45) is 1.63. The number of hydrogen-bond acceptors (Lipinski definition) is 3. The molecule has 4 rings (SSSR count). The normalized spacial score (nSPS) is 10.7. The molecule has 0 saturated carbocycles. The van der Waals surface area contributed by atoms with Crippen molar-refractivity contribution in [3.63, 3.8) is 0 Å². The van der Waals surface area contributed by atoms with Crippen LogP contribution in [0.15, 0.2) is 79.0 Å². The SMILES string of the molecule is O=C(NCc1ccccc1)c1nc(C(=O)Nc2ccccc2F)n2ccccc12. The van der Waals surface area contributed by atoms with Crippen molar-refractivity contribution in [2.24, 2.45) is 0 Å². The molecule has 2 amide bonds. The first-order valence-corrected chi connectivity index (χ1v) is 8.98. The molecule has 7 heteroatoms. The van der Waals surface area contributed by atoms with Gasteiger partial charge in [0.25, 0.3) is 11.8 Å². The van der Waals surface area contributed by atoms with Crippen LogP contribution in [0.3, 0.4) is 0 Å². The third-order valence-corrected chi connectivity index (χ3v) is 4.38. The van der Waals surface area contributed by atoms with Gasteiger partial charge in [0.15, 0.2) is 5.69 Å². The summed E-state index contributed by atoms with van der Waals surface area (Å²) in [7, 11) is 0. The zero-order chi connectivity index (χ0) is 20.2. The highest BCUT2D eigenvalue weighted by atomic mass is 19.1. The standard InChI is InChI=1S/C22H17FN4O2/c23-16-10-4-5-11-17(16)25-22(29)20-26-19(18-12-6-7-13-27(18)20)21(28)24-14-15-8-2-1-3-9-15/h1-13H,14H2,(H,24,28)(H,25,29). The molecule has 0 aliphatic carbocycles. The number of pyridine rings is 1. The number of amides is 2. The van der Waals surface area contributed by atoms with Crippen molar-refractivity contribution in [1.29, 1.82) is 0 Å². The highest BCUT2D eigenvalue weighted by Gasteiger charge is 2.22. The number of halogens is 1. The molecule has 0 unspecified atom stereocenters. The van der Waals surface area contributed by atoms with E-state index in [0.717, 1.165) is 5.56 Å². The summed E-state index contributed by atoms with van der Waals surface area (Å²) in [6, 6.07) is 20.5. The van der Waals surface area contributed by atoms with Gasteiger partial charge >= 0.3 is 0 Å². The molecule has 0 atom stereocenters. The molecule has 2 aromatic carbocycles. The van der Waals surface area contributed by atoms with Crippen molar-refractivity contribution in [3.05, 3.63) is 102 Å². The molecule has 6 nitrogen and oxygen atoms in total. The predicted molar refractivity (Wildman–Crippen MR) is 107 cm³/mol. The van der Waals surface area contributed by atoms with Crippen LogP contribution in [0, 0.1) is 5.82 Å². The number of carbonyl (C=O) groups excluding carboxylic acids is 2. The van der Waals surface area contributed by atoms with Crippen molar-refractivity contribution in [1.82, 2.24) is 14.7 Å². The Morgan fingerprint density at radius 1 is 0.897 bits per heavy atom. The number of fused-ring (bicyclic) bond motifs is 1. The summed E-state index contributed by atoms with van der Waals surface area (Å²) in [5.41, 5.74) is 1.60. The molecular formula is C22H17FN4O2. The van der Waals surface area contributed by atoms with Gasteiger partial charge in [-0.3, -0.25) is 14.0 Å². The van der Waals surface area contributed by atoms with Crippen LogP contribution in [0.5, 0.6) is 0 Å². The fourth-order valence-corrected chi connectivity index (χ4v) is 2.97. The van der Waals surface area contributed by atoms with Crippen molar-refractivity contribution >= 4 is 23.0 Å². The van der Waals surface area contributed by atoms with Crippen molar-refractivity contribution in [2.75, 3.05) is 5.32 Å². The molecule has 29 heavy (non-hydrogen) atoms. The molecule has 0 bridgehead atoms. The van der Waals surface area contributed by atoms with Gasteiger partial charge in [-0.1, -0.05) is 48.5 Å². The van der Waals surface area contributed by atoms with Crippen LogP contribution in [0.25, 0.3) is 5.52 Å². The Balaban J connectivity index is 1.62. The highest BCUT2D eigenvalue weighted by Crippen LogP contribution is 2.17. The van der Waals surface area contributed by atoms with Crippen LogP contribution in [-0.2, 0) is 6.54 Å². The average Bonchev–Trinajstić information content (AvgIpc) is 3.14. The molecule has 2 N–H and O–H groups in total. The molecule has 4 aromatic rings. The van der Waals surface area contributed by atoms with Crippen LogP contribution in [-0.4, -0.2) is 21.2 Å². The van der Waals surface area contributed by atoms with Gasteiger partial charge in [0.1, 0.15) is 5.82 Å². The first kappa shape index (κ1) is 18.4. The quantitative estimate of drug-likeness (QED) is 0.548. The fourth-order valence-electron chi connectivity index (χ4n) is 2.97. The molecule has 0 aliphatic heterocycles. The highest BCUT2D eigenvalue weighted by molar-refractivity contribution is 6.06. The van der Waals surface area contributed by atoms with Gasteiger partial charge in [0.2, 0.25) is 5.82 Å². The van der Waals surface area contributed by atoms with E-state index >= 15 is 0 Å². The molecule has 0 radical (unpaired) electrons. The van der Waals surface area contributed by atoms with E-state index in [1.54, 1.807) is 30.5 Å². The van der Waals surface area contributed by atoms with Crippen molar-refractivity contribution in [3.8, 4) is 0 Å². The Morgan fingerprint density at radius 2 is 1.62 bits per heavy atom. The Bertz CT molecular complexity index is 1190. The third kappa shape index (κ3) is 3.84. The van der Waals surface area contributed by atoms with E-state index in [1.165, 1.54) is 22.6 Å². The maximum atomic E-state index is 13.9. The van der Waals surface area contributed by atoms with Crippen LogP contribution < -0.4 is 10.6 Å². The van der Waals surface area contributed by atoms with Crippen LogP contribution in [0.2, 0.25) is 0 Å². The van der Waals surface area contributed by atoms with E-state index in [2.05, 4.69) is 15.6 Å². The summed E-state index contributed by atoms with van der Waals surface area (Å²) >= 11 is 0. The number of rotatable bonds is 5. The number of anilines is 1. The molecule has 2 heterocycles. The number of para-hydroxylation sites is 1. The third-order valence-electron chi connectivity index (χ3n) is 4.38. The van der Waals surface area contributed by atoms with Gasteiger partial charge in [0, 0.05) is 12.7 Å². The Morgan fingerprint density at radius 3 is 2.41 bits per heavy atom. The lowest BCUT2D eigenvalue weighted by molar-refractivity contribution is 0.0948. The zero-order valence-electron chi connectivity index (χ0n) is 15.3. The van der Waals surface area contributed by atoms with E-state index in [9.17, 15) is 14.0 Å². The van der Waals surface area contributed by atoms with E-state index in [0.29, 0.717) is 12.1 Å². The number of benzene rings is 2. The lowest BCUT2D eigenvalue weighted by atomic mass is 10.2. The Labute approximate surface area is 166 Å². The topological polar surface area (TPSA) is 75.5 Å². The monoisotopic (exact) mass is 388 g/mol. The Kier molecular flexibility index (Phi) is 5.03. The smallest absolute Gasteiger partial charge is 0.292 e. The van der Waals surface area contributed by atoms with Gasteiger partial charge in [-0.05, 0) is 29.8 Å². The first-order chi connectivity index (χ1) is 14.1. The van der Waals surface area contributed by atoms with Crippen molar-refractivity contribution in [2.45, 2.75) is 6.54 Å². The largest absolute Gasteiger partial charge is 0.347 e. The van der Waals surface area contributed by atoms with Crippen molar-refractivity contribution < 1.29 is 14.0 Å². The van der Waals surface area contributed by atoms with Gasteiger partial charge in [-0.2, -0.15) is 0 Å². The summed E-state index contributed by atoms with van der Waals surface area (Å²) in [5.74, 6) is -1.57. The van der Waals surface area contributed by atoms with Crippen LogP contribution in [0.4, 0.5) is 10.1 Å². The van der Waals surface area contributed by atoms with Gasteiger partial charge in [-0.25, -0.2) is 9.37 Å². The second kappa shape index (κ2) is 7.93. The van der Waals surface area contributed by atoms with E-state index in [-0.39, 0.29) is 17.2 Å². The van der Waals surface area contributed by atoms with E-state index in [1.807, 2.05) is 30.3 Å². The van der Waals surface area contributed by atoms with Gasteiger partial charge in [-0.15, -0.1) is 0 Å². The minimum atomic E-state index is -0.613. The predicted octanol–water partition coefficient (Wildman–Crippen LogP) is 3.66. The molecule has 2 aromatic heterocycles. The molecule has 0 spiro atoms. The number of aromatic nitrogens is 2. The van der Waals surface area contributed by atoms with Gasteiger partial charge in [0.05, 0.1) is 11.2 Å². The summed E-state index contributed by atoms with van der Waals surface area (Å²) < 4.78 is 15.4. The first-order valence-electron chi connectivity index (χ1n) is 8.98. The summed E-state index contributed by atoms with van der Waals surface area (Å²) in [4.78, 5) is 29.6. The number of imidazole rings is 1. The second-order valence-corrected chi connectivity index (χ2v) is 6.34. The van der Waals surface area contributed by atoms with Crippen LogP contribution in [0.1, 0.15) is 26.7 Å². The summed E-state index contributed by atoms with van der Waals surface area (Å²) in [5, 5.41) is 5.31. The molecule has 0 saturated heterocycles. The molecular weight excluding hydrogens is 371 g/mol.